The molecule has 110 valence electrons. The van der Waals surface area contributed by atoms with Crippen LogP contribution >= 0.6 is 11.6 Å². The van der Waals surface area contributed by atoms with Gasteiger partial charge in [-0.15, -0.1) is 0 Å². The molecule has 1 saturated heterocycles. The molecule has 0 atom stereocenters. The van der Waals surface area contributed by atoms with Gasteiger partial charge in [0.15, 0.2) is 0 Å². The first-order chi connectivity index (χ1) is 9.54. The SMILES string of the molecule is CC(=O)NCC1CCN(Cc2ccc(N)cc2Cl)CC1. The van der Waals surface area contributed by atoms with E-state index in [1.54, 1.807) is 13.0 Å². The van der Waals surface area contributed by atoms with Crippen molar-refractivity contribution in [2.45, 2.75) is 26.3 Å². The Balaban J connectivity index is 1.80. The van der Waals surface area contributed by atoms with E-state index in [0.717, 1.165) is 49.6 Å². The second-order valence-corrected chi connectivity index (χ2v) is 5.91. The van der Waals surface area contributed by atoms with Gasteiger partial charge in [0.05, 0.1) is 0 Å². The van der Waals surface area contributed by atoms with E-state index in [9.17, 15) is 4.79 Å². The molecule has 0 aliphatic carbocycles. The number of hydrogen-bond acceptors (Lipinski definition) is 3. The van der Waals surface area contributed by atoms with Gasteiger partial charge < -0.3 is 11.1 Å². The Labute approximate surface area is 125 Å². The summed E-state index contributed by atoms with van der Waals surface area (Å²) >= 11 is 6.21. The average Bonchev–Trinajstić information content (AvgIpc) is 2.41. The zero-order chi connectivity index (χ0) is 14.5. The van der Waals surface area contributed by atoms with E-state index in [4.69, 9.17) is 17.3 Å². The van der Waals surface area contributed by atoms with E-state index in [1.807, 2.05) is 12.1 Å². The average molecular weight is 296 g/mol. The molecule has 2 rings (SSSR count). The van der Waals surface area contributed by atoms with Crippen molar-refractivity contribution in [3.8, 4) is 0 Å². The molecule has 0 unspecified atom stereocenters. The van der Waals surface area contributed by atoms with Gasteiger partial charge in [0.1, 0.15) is 0 Å². The predicted molar refractivity (Wildman–Crippen MR) is 82.5 cm³/mol. The van der Waals surface area contributed by atoms with E-state index in [1.165, 1.54) is 0 Å². The lowest BCUT2D eigenvalue weighted by molar-refractivity contribution is -0.119. The monoisotopic (exact) mass is 295 g/mol. The minimum atomic E-state index is 0.0566. The van der Waals surface area contributed by atoms with E-state index >= 15 is 0 Å². The summed E-state index contributed by atoms with van der Waals surface area (Å²) in [6.07, 6.45) is 2.24. The van der Waals surface area contributed by atoms with Crippen LogP contribution in [0.1, 0.15) is 25.3 Å². The highest BCUT2D eigenvalue weighted by Gasteiger charge is 2.19. The quantitative estimate of drug-likeness (QED) is 0.838. The fourth-order valence-corrected chi connectivity index (χ4v) is 2.82. The van der Waals surface area contributed by atoms with Crippen LogP contribution in [-0.4, -0.2) is 30.4 Å². The number of amides is 1. The molecule has 0 saturated carbocycles. The van der Waals surface area contributed by atoms with E-state index in [-0.39, 0.29) is 5.91 Å². The second kappa shape index (κ2) is 6.95. The molecule has 1 heterocycles. The molecular weight excluding hydrogens is 274 g/mol. The molecule has 20 heavy (non-hydrogen) atoms. The summed E-state index contributed by atoms with van der Waals surface area (Å²) in [6, 6.07) is 5.70. The maximum absolute atomic E-state index is 10.9. The Kier molecular flexibility index (Phi) is 5.26. The number of likely N-dealkylation sites (tertiary alicyclic amines) is 1. The maximum atomic E-state index is 10.9. The summed E-state index contributed by atoms with van der Waals surface area (Å²) in [6.45, 7) is 5.33. The minimum absolute atomic E-state index is 0.0566. The largest absolute Gasteiger partial charge is 0.399 e. The number of nitrogens with two attached hydrogens (primary N) is 1. The molecule has 0 bridgehead atoms. The number of halogens is 1. The summed E-state index contributed by atoms with van der Waals surface area (Å²) in [7, 11) is 0. The Morgan fingerprint density at radius 1 is 1.45 bits per heavy atom. The van der Waals surface area contributed by atoms with Crippen molar-refractivity contribution in [2.75, 3.05) is 25.4 Å². The first kappa shape index (κ1) is 15.1. The Morgan fingerprint density at radius 2 is 2.15 bits per heavy atom. The first-order valence-electron chi connectivity index (χ1n) is 7.05. The van der Waals surface area contributed by atoms with E-state index in [0.29, 0.717) is 11.6 Å². The Hall–Kier alpha value is -1.26. The number of carbonyl (C=O) groups is 1. The fraction of sp³-hybridized carbons (Fsp3) is 0.533. The van der Waals surface area contributed by atoms with Gasteiger partial charge in [-0.3, -0.25) is 9.69 Å². The number of nitrogens with one attached hydrogen (secondary N) is 1. The number of carbonyl (C=O) groups excluding carboxylic acids is 1. The van der Waals surface area contributed by atoms with Crippen molar-refractivity contribution in [3.63, 3.8) is 0 Å². The number of hydrogen-bond donors (Lipinski definition) is 2. The summed E-state index contributed by atoms with van der Waals surface area (Å²) in [5, 5.41) is 3.64. The molecule has 1 aliphatic heterocycles. The van der Waals surface area contributed by atoms with Gasteiger partial charge >= 0.3 is 0 Å². The van der Waals surface area contributed by atoms with Gasteiger partial charge in [-0.2, -0.15) is 0 Å². The van der Waals surface area contributed by atoms with Crippen LogP contribution in [0.3, 0.4) is 0 Å². The van der Waals surface area contributed by atoms with Crippen molar-refractivity contribution in [2.24, 2.45) is 5.92 Å². The summed E-state index contributed by atoms with van der Waals surface area (Å²) in [5.74, 6) is 0.651. The van der Waals surface area contributed by atoms with Crippen molar-refractivity contribution < 1.29 is 4.79 Å². The van der Waals surface area contributed by atoms with E-state index < -0.39 is 0 Å². The highest BCUT2D eigenvalue weighted by molar-refractivity contribution is 6.31. The molecule has 4 nitrogen and oxygen atoms in total. The number of nitrogen functional groups attached to an aromatic ring is 1. The van der Waals surface area contributed by atoms with Crippen LogP contribution in [0.15, 0.2) is 18.2 Å². The number of rotatable bonds is 4. The van der Waals surface area contributed by atoms with Crippen LogP contribution in [-0.2, 0) is 11.3 Å². The maximum Gasteiger partial charge on any atom is 0.216 e. The minimum Gasteiger partial charge on any atom is -0.399 e. The lowest BCUT2D eigenvalue weighted by Crippen LogP contribution is -2.37. The summed E-state index contributed by atoms with van der Waals surface area (Å²) < 4.78 is 0. The molecular formula is C15H22ClN3O. The normalized spacial score (nSPS) is 17.1. The highest BCUT2D eigenvalue weighted by Crippen LogP contribution is 2.23. The third kappa shape index (κ3) is 4.39. The first-order valence-corrected chi connectivity index (χ1v) is 7.43. The summed E-state index contributed by atoms with van der Waals surface area (Å²) in [4.78, 5) is 13.3. The predicted octanol–water partition coefficient (Wildman–Crippen LogP) is 2.27. The van der Waals surface area contributed by atoms with E-state index in [2.05, 4.69) is 10.2 Å². The highest BCUT2D eigenvalue weighted by atomic mass is 35.5. The molecule has 1 aliphatic rings. The standard InChI is InChI=1S/C15H22ClN3O/c1-11(20)18-9-12-4-6-19(7-5-12)10-13-2-3-14(17)8-15(13)16/h2-3,8,12H,4-7,9-10,17H2,1H3,(H,18,20). The molecule has 1 fully saturated rings. The molecule has 3 N–H and O–H groups in total. The van der Waals surface area contributed by atoms with Crippen LogP contribution < -0.4 is 11.1 Å². The van der Waals surface area contributed by atoms with Crippen LogP contribution in [0.5, 0.6) is 0 Å². The number of benzene rings is 1. The lowest BCUT2D eigenvalue weighted by atomic mass is 9.96. The second-order valence-electron chi connectivity index (χ2n) is 5.51. The number of piperidine rings is 1. The van der Waals surface area contributed by atoms with Gasteiger partial charge in [-0.25, -0.2) is 0 Å². The molecule has 0 spiro atoms. The van der Waals surface area contributed by atoms with Gasteiger partial charge in [0, 0.05) is 30.7 Å². The van der Waals surface area contributed by atoms with Gasteiger partial charge in [0.25, 0.3) is 0 Å². The van der Waals surface area contributed by atoms with Gasteiger partial charge in [-0.05, 0) is 49.5 Å². The van der Waals surface area contributed by atoms with Crippen LogP contribution in [0.2, 0.25) is 5.02 Å². The Bertz CT molecular complexity index is 470. The molecule has 5 heteroatoms. The molecule has 0 radical (unpaired) electrons. The molecule has 0 aromatic heterocycles. The molecule has 1 aromatic carbocycles. The van der Waals surface area contributed by atoms with Crippen LogP contribution in [0.25, 0.3) is 0 Å². The van der Waals surface area contributed by atoms with Crippen LogP contribution in [0, 0.1) is 5.92 Å². The van der Waals surface area contributed by atoms with Crippen molar-refractivity contribution in [1.82, 2.24) is 10.2 Å². The zero-order valence-electron chi connectivity index (χ0n) is 11.9. The van der Waals surface area contributed by atoms with Gasteiger partial charge in [-0.1, -0.05) is 17.7 Å². The molecule has 1 aromatic rings. The van der Waals surface area contributed by atoms with Crippen LogP contribution in [0.4, 0.5) is 5.69 Å². The summed E-state index contributed by atoms with van der Waals surface area (Å²) in [5.41, 5.74) is 7.53. The third-order valence-corrected chi connectivity index (χ3v) is 4.17. The zero-order valence-corrected chi connectivity index (χ0v) is 12.6. The smallest absolute Gasteiger partial charge is 0.216 e. The van der Waals surface area contributed by atoms with Gasteiger partial charge in [0.2, 0.25) is 5.91 Å². The fourth-order valence-electron chi connectivity index (χ4n) is 2.57. The Morgan fingerprint density at radius 3 is 2.75 bits per heavy atom. The number of nitrogens with zero attached hydrogens (tertiary/aromatic N) is 1. The van der Waals surface area contributed by atoms with Crippen molar-refractivity contribution in [3.05, 3.63) is 28.8 Å². The number of anilines is 1. The lowest BCUT2D eigenvalue weighted by Gasteiger charge is -2.32. The van der Waals surface area contributed by atoms with Crippen molar-refractivity contribution >= 4 is 23.2 Å². The topological polar surface area (TPSA) is 58.4 Å². The van der Waals surface area contributed by atoms with Crippen molar-refractivity contribution in [1.29, 1.82) is 0 Å². The molecule has 1 amide bonds. The third-order valence-electron chi connectivity index (χ3n) is 3.82.